The number of piperidine rings is 1. The minimum atomic E-state index is -2.98. The molecule has 1 saturated heterocycles. The van der Waals surface area contributed by atoms with E-state index in [1.165, 1.54) is 7.05 Å². The Morgan fingerprint density at radius 1 is 1.32 bits per heavy atom. The van der Waals surface area contributed by atoms with Crippen molar-refractivity contribution < 1.29 is 18.3 Å². The van der Waals surface area contributed by atoms with Gasteiger partial charge in [0.2, 0.25) is 5.88 Å². The van der Waals surface area contributed by atoms with Crippen molar-refractivity contribution in [2.24, 2.45) is 7.05 Å². The molecule has 1 amide bonds. The van der Waals surface area contributed by atoms with Crippen LogP contribution in [0.2, 0.25) is 0 Å². The van der Waals surface area contributed by atoms with Gasteiger partial charge in [-0.1, -0.05) is 0 Å². The molecule has 0 atom stereocenters. The van der Waals surface area contributed by atoms with Crippen LogP contribution < -0.4 is 10.1 Å². The molecule has 1 N–H and O–H groups in total. The SMILES string of the molecule is CN1CCC(n2ccc(NC(=O)c3cc(OC(F)F)n(C)n3)n2)CC1. The number of rotatable bonds is 5. The number of aryl methyl sites for hydroxylation is 1. The van der Waals surface area contributed by atoms with Gasteiger partial charge in [0.1, 0.15) is 0 Å². The number of hydrogen-bond acceptors (Lipinski definition) is 5. The zero-order chi connectivity index (χ0) is 18.0. The lowest BCUT2D eigenvalue weighted by Gasteiger charge is -2.28. The average Bonchev–Trinajstić information content (AvgIpc) is 3.15. The van der Waals surface area contributed by atoms with E-state index in [1.807, 2.05) is 10.9 Å². The fourth-order valence-electron chi connectivity index (χ4n) is 2.81. The average molecular weight is 354 g/mol. The second-order valence-electron chi connectivity index (χ2n) is 6.04. The number of amides is 1. The molecular weight excluding hydrogens is 334 g/mol. The van der Waals surface area contributed by atoms with Crippen LogP contribution in [-0.2, 0) is 7.05 Å². The van der Waals surface area contributed by atoms with Crippen molar-refractivity contribution in [1.82, 2.24) is 24.5 Å². The van der Waals surface area contributed by atoms with Crippen LogP contribution in [0.1, 0.15) is 29.4 Å². The van der Waals surface area contributed by atoms with Gasteiger partial charge in [0, 0.05) is 25.4 Å². The Kier molecular flexibility index (Phi) is 4.98. The summed E-state index contributed by atoms with van der Waals surface area (Å²) in [5.41, 5.74) is -0.0213. The number of nitrogens with zero attached hydrogens (tertiary/aromatic N) is 5. The topological polar surface area (TPSA) is 77.2 Å². The van der Waals surface area contributed by atoms with Gasteiger partial charge in [-0.2, -0.15) is 19.0 Å². The summed E-state index contributed by atoms with van der Waals surface area (Å²) in [4.78, 5) is 14.5. The van der Waals surface area contributed by atoms with Crippen molar-refractivity contribution in [2.75, 3.05) is 25.5 Å². The number of halogens is 2. The summed E-state index contributed by atoms with van der Waals surface area (Å²) >= 11 is 0. The van der Waals surface area contributed by atoms with Gasteiger partial charge in [-0.25, -0.2) is 4.68 Å². The molecule has 3 heterocycles. The van der Waals surface area contributed by atoms with Gasteiger partial charge in [-0.3, -0.25) is 9.48 Å². The number of ether oxygens (including phenoxy) is 1. The van der Waals surface area contributed by atoms with E-state index in [4.69, 9.17) is 0 Å². The van der Waals surface area contributed by atoms with Gasteiger partial charge in [0.25, 0.3) is 5.91 Å². The molecule has 0 saturated carbocycles. The smallest absolute Gasteiger partial charge is 0.388 e. The second-order valence-corrected chi connectivity index (χ2v) is 6.04. The molecular formula is C15H20F2N6O2. The standard InChI is InChI=1S/C15H20F2N6O2/c1-21-6-3-10(4-7-21)23-8-5-12(20-23)18-14(24)11-9-13(22(2)19-11)25-15(16)17/h5,8-10,15H,3-4,6-7H2,1-2H3,(H,18,20,24). The highest BCUT2D eigenvalue weighted by molar-refractivity contribution is 6.02. The third-order valence-electron chi connectivity index (χ3n) is 4.19. The molecule has 8 nitrogen and oxygen atoms in total. The van der Waals surface area contributed by atoms with Gasteiger partial charge >= 0.3 is 6.61 Å². The minimum Gasteiger partial charge on any atom is -0.417 e. The molecule has 2 aromatic heterocycles. The zero-order valence-corrected chi connectivity index (χ0v) is 14.0. The van der Waals surface area contributed by atoms with Gasteiger partial charge in [0.15, 0.2) is 11.5 Å². The number of likely N-dealkylation sites (tertiary alicyclic amines) is 1. The van der Waals surface area contributed by atoms with Gasteiger partial charge < -0.3 is 15.0 Å². The molecule has 1 fully saturated rings. The highest BCUT2D eigenvalue weighted by atomic mass is 19.3. The van der Waals surface area contributed by atoms with Gasteiger partial charge in [-0.15, -0.1) is 0 Å². The van der Waals surface area contributed by atoms with E-state index in [-0.39, 0.29) is 11.6 Å². The van der Waals surface area contributed by atoms with Crippen LogP contribution >= 0.6 is 0 Å². The summed E-state index contributed by atoms with van der Waals surface area (Å²) in [6.07, 6.45) is 3.83. The second kappa shape index (κ2) is 7.18. The maximum atomic E-state index is 12.3. The van der Waals surface area contributed by atoms with Crippen molar-refractivity contribution in [2.45, 2.75) is 25.5 Å². The van der Waals surface area contributed by atoms with E-state index in [0.29, 0.717) is 11.9 Å². The number of hydrogen-bond donors (Lipinski definition) is 1. The lowest BCUT2D eigenvalue weighted by molar-refractivity contribution is -0.0553. The van der Waals surface area contributed by atoms with Gasteiger partial charge in [-0.05, 0) is 33.0 Å². The molecule has 0 aliphatic carbocycles. The summed E-state index contributed by atoms with van der Waals surface area (Å²) in [6, 6.07) is 3.17. The highest BCUT2D eigenvalue weighted by Crippen LogP contribution is 2.22. The molecule has 25 heavy (non-hydrogen) atoms. The summed E-state index contributed by atoms with van der Waals surface area (Å²) in [5.74, 6) is -0.323. The maximum Gasteiger partial charge on any atom is 0.388 e. The summed E-state index contributed by atoms with van der Waals surface area (Å²) in [7, 11) is 3.51. The van der Waals surface area contributed by atoms with Crippen LogP contribution in [0.5, 0.6) is 5.88 Å². The fourth-order valence-corrected chi connectivity index (χ4v) is 2.81. The largest absolute Gasteiger partial charge is 0.417 e. The van der Waals surface area contributed by atoms with Gasteiger partial charge in [0.05, 0.1) is 6.04 Å². The first-order valence-corrected chi connectivity index (χ1v) is 7.96. The van der Waals surface area contributed by atoms with E-state index in [2.05, 4.69) is 32.2 Å². The van der Waals surface area contributed by atoms with E-state index < -0.39 is 12.5 Å². The Bertz CT molecular complexity index is 736. The minimum absolute atomic E-state index is 0.0213. The molecule has 136 valence electrons. The summed E-state index contributed by atoms with van der Waals surface area (Å²) in [5, 5.41) is 10.9. The predicted molar refractivity (Wildman–Crippen MR) is 85.8 cm³/mol. The molecule has 0 spiro atoms. The van der Waals surface area contributed by atoms with E-state index in [1.54, 1.807) is 6.07 Å². The molecule has 1 aliphatic rings. The molecule has 0 radical (unpaired) electrons. The number of anilines is 1. The molecule has 2 aromatic rings. The fraction of sp³-hybridized carbons (Fsp3) is 0.533. The van der Waals surface area contributed by atoms with Crippen molar-refractivity contribution >= 4 is 11.7 Å². The molecule has 1 aliphatic heterocycles. The molecule has 10 heteroatoms. The number of aromatic nitrogens is 4. The molecule has 0 unspecified atom stereocenters. The lowest BCUT2D eigenvalue weighted by Crippen LogP contribution is -2.31. The number of carbonyl (C=O) groups excluding carboxylic acids is 1. The molecule has 0 bridgehead atoms. The van der Waals surface area contributed by atoms with Crippen molar-refractivity contribution in [1.29, 1.82) is 0 Å². The van der Waals surface area contributed by atoms with Crippen molar-refractivity contribution in [3.05, 3.63) is 24.0 Å². The third kappa shape index (κ3) is 4.13. The number of alkyl halides is 2. The number of nitrogens with one attached hydrogen (secondary N) is 1. The molecule has 3 rings (SSSR count). The van der Waals surface area contributed by atoms with Crippen LogP contribution in [0.4, 0.5) is 14.6 Å². The lowest BCUT2D eigenvalue weighted by atomic mass is 10.1. The monoisotopic (exact) mass is 354 g/mol. The Morgan fingerprint density at radius 3 is 2.72 bits per heavy atom. The Labute approximate surface area is 143 Å². The van der Waals surface area contributed by atoms with Crippen LogP contribution in [0, 0.1) is 0 Å². The number of carbonyl (C=O) groups is 1. The summed E-state index contributed by atoms with van der Waals surface area (Å²) in [6.45, 7) is -0.961. The zero-order valence-electron chi connectivity index (χ0n) is 14.0. The Hall–Kier alpha value is -2.49. The highest BCUT2D eigenvalue weighted by Gasteiger charge is 2.20. The van der Waals surface area contributed by atoms with Crippen LogP contribution in [0.25, 0.3) is 0 Å². The van der Waals surface area contributed by atoms with Crippen molar-refractivity contribution in [3.63, 3.8) is 0 Å². The van der Waals surface area contributed by atoms with Crippen LogP contribution in [0.15, 0.2) is 18.3 Å². The maximum absolute atomic E-state index is 12.3. The third-order valence-corrected chi connectivity index (χ3v) is 4.19. The Morgan fingerprint density at radius 2 is 2.04 bits per heavy atom. The van der Waals surface area contributed by atoms with E-state index in [0.717, 1.165) is 36.7 Å². The van der Waals surface area contributed by atoms with Crippen molar-refractivity contribution in [3.8, 4) is 5.88 Å². The van der Waals surface area contributed by atoms with E-state index in [9.17, 15) is 13.6 Å². The quantitative estimate of drug-likeness (QED) is 0.885. The summed E-state index contributed by atoms with van der Waals surface area (Å²) < 4.78 is 31.8. The van der Waals surface area contributed by atoms with E-state index >= 15 is 0 Å². The normalized spacial score (nSPS) is 16.4. The van der Waals surface area contributed by atoms with Crippen LogP contribution in [0.3, 0.4) is 0 Å². The molecule has 0 aromatic carbocycles. The first-order chi connectivity index (χ1) is 11.9. The predicted octanol–water partition coefficient (Wildman–Crippen LogP) is 1.74. The van der Waals surface area contributed by atoms with Crippen LogP contribution in [-0.4, -0.2) is 57.1 Å². The first kappa shape index (κ1) is 17.3. The Balaban J connectivity index is 1.64. The first-order valence-electron chi connectivity index (χ1n) is 7.96.